The number of carbonyl (C=O) groups excluding carboxylic acids is 2. The Hall–Kier alpha value is -3.59. The van der Waals surface area contributed by atoms with Crippen LogP contribution in [0.4, 0.5) is 10.5 Å². The number of ether oxygens (including phenoxy) is 1. The summed E-state index contributed by atoms with van der Waals surface area (Å²) in [5.74, 6) is 0.677. The van der Waals surface area contributed by atoms with E-state index in [-0.39, 0.29) is 17.6 Å². The van der Waals surface area contributed by atoms with Crippen LogP contribution in [0.25, 0.3) is 21.7 Å². The molecule has 0 radical (unpaired) electrons. The van der Waals surface area contributed by atoms with Crippen molar-refractivity contribution in [2.75, 3.05) is 58.1 Å². The number of hydrogen-bond acceptors (Lipinski definition) is 6. The van der Waals surface area contributed by atoms with E-state index in [4.69, 9.17) is 20.8 Å². The van der Waals surface area contributed by atoms with E-state index < -0.39 is 6.09 Å². The Balaban J connectivity index is 1.47. The average Bonchev–Trinajstić information content (AvgIpc) is 3.54. The predicted octanol–water partition coefficient (Wildman–Crippen LogP) is 5.37. The third kappa shape index (κ3) is 5.80. The number of hydrogen-bond donors (Lipinski definition) is 2. The first-order valence-electron chi connectivity index (χ1n) is 13.6. The van der Waals surface area contributed by atoms with Gasteiger partial charge in [-0.3, -0.25) is 4.79 Å². The van der Waals surface area contributed by atoms with Gasteiger partial charge in [0.2, 0.25) is 0 Å². The summed E-state index contributed by atoms with van der Waals surface area (Å²) in [6.45, 7) is 2.48. The number of aryl methyl sites for hydroxylation is 1. The molecule has 0 saturated heterocycles. The van der Waals surface area contributed by atoms with E-state index >= 15 is 0 Å². The molecule has 2 N–H and O–H groups in total. The second kappa shape index (κ2) is 12.3. The third-order valence-corrected chi connectivity index (χ3v) is 7.64. The molecular formula is C31H35ClN4O4. The van der Waals surface area contributed by atoms with Crippen molar-refractivity contribution in [1.82, 2.24) is 15.5 Å². The number of carbonyl (C=O) groups is 2. The quantitative estimate of drug-likeness (QED) is 0.200. The normalized spacial score (nSPS) is 14.7. The van der Waals surface area contributed by atoms with E-state index in [1.807, 2.05) is 43.4 Å². The van der Waals surface area contributed by atoms with E-state index in [2.05, 4.69) is 41.8 Å². The van der Waals surface area contributed by atoms with Crippen molar-refractivity contribution in [1.29, 1.82) is 0 Å². The first kappa shape index (κ1) is 28.0. The average molecular weight is 563 g/mol. The Morgan fingerprint density at radius 3 is 2.65 bits per heavy atom. The summed E-state index contributed by atoms with van der Waals surface area (Å²) >= 11 is 6.42. The second-order valence-corrected chi connectivity index (χ2v) is 10.7. The molecule has 0 bridgehead atoms. The molecule has 210 valence electrons. The summed E-state index contributed by atoms with van der Waals surface area (Å²) < 4.78 is 11.8. The van der Waals surface area contributed by atoms with Crippen LogP contribution in [0.3, 0.4) is 0 Å². The van der Waals surface area contributed by atoms with Gasteiger partial charge in [-0.05, 0) is 75.2 Å². The highest BCUT2D eigenvalue weighted by Gasteiger charge is 2.36. The molecule has 0 unspecified atom stereocenters. The molecule has 40 heavy (non-hydrogen) atoms. The maximum Gasteiger partial charge on any atom is 0.412 e. The summed E-state index contributed by atoms with van der Waals surface area (Å²) in [7, 11) is 5.95. The molecule has 8 nitrogen and oxygen atoms in total. The molecule has 4 aromatic rings. The summed E-state index contributed by atoms with van der Waals surface area (Å²) in [4.78, 5) is 30.3. The maximum absolute atomic E-state index is 13.9. The zero-order chi connectivity index (χ0) is 28.2. The van der Waals surface area contributed by atoms with Crippen molar-refractivity contribution in [3.8, 4) is 5.75 Å². The number of alkyl halides is 1. The standard InChI is InChI=1S/C31H35ClN4O4/c1-33-12-13-34-31(38)40-27-17-25-29(24-9-5-4-8-23(24)27)22(18-32)19-36(25)30(37)28-16-21-15-20(7-6-14-35(2)3)10-11-26(21)39-28/h4-5,8-11,15-17,22,33H,6-7,12-14,18-19H2,1-3H3,(H,34,38)/t22-/m1/s1. The van der Waals surface area contributed by atoms with Crippen molar-refractivity contribution in [2.24, 2.45) is 0 Å². The molecule has 5 rings (SSSR count). The zero-order valence-electron chi connectivity index (χ0n) is 23.1. The fraction of sp³-hybridized carbons (Fsp3) is 0.355. The van der Waals surface area contributed by atoms with E-state index in [9.17, 15) is 9.59 Å². The van der Waals surface area contributed by atoms with Gasteiger partial charge in [-0.2, -0.15) is 0 Å². The topological polar surface area (TPSA) is 87.0 Å². The Morgan fingerprint density at radius 1 is 1.10 bits per heavy atom. The summed E-state index contributed by atoms with van der Waals surface area (Å²) in [5.41, 5.74) is 3.54. The minimum absolute atomic E-state index is 0.0725. The number of rotatable bonds is 10. The Labute approximate surface area is 239 Å². The van der Waals surface area contributed by atoms with Crippen LogP contribution in [0.2, 0.25) is 0 Å². The number of nitrogens with one attached hydrogen (secondary N) is 2. The van der Waals surface area contributed by atoms with Gasteiger partial charge in [-0.25, -0.2) is 4.79 Å². The molecule has 0 fully saturated rings. The molecule has 1 aromatic heterocycles. The van der Waals surface area contributed by atoms with Gasteiger partial charge >= 0.3 is 6.09 Å². The monoisotopic (exact) mass is 562 g/mol. The Bertz CT molecular complexity index is 1530. The van der Waals surface area contributed by atoms with Gasteiger partial charge in [0.05, 0.1) is 5.69 Å². The number of amides is 2. The van der Waals surface area contributed by atoms with E-state index in [0.717, 1.165) is 41.1 Å². The predicted molar refractivity (Wildman–Crippen MR) is 160 cm³/mol. The molecule has 1 atom stereocenters. The van der Waals surface area contributed by atoms with Gasteiger partial charge < -0.3 is 29.6 Å². The van der Waals surface area contributed by atoms with E-state index in [1.165, 1.54) is 5.56 Å². The fourth-order valence-corrected chi connectivity index (χ4v) is 5.58. The van der Waals surface area contributed by atoms with Gasteiger partial charge in [0.15, 0.2) is 5.76 Å². The smallest absolute Gasteiger partial charge is 0.412 e. The molecule has 1 aliphatic heterocycles. The molecule has 2 amide bonds. The largest absolute Gasteiger partial charge is 0.451 e. The van der Waals surface area contributed by atoms with Crippen LogP contribution in [-0.4, -0.2) is 70.1 Å². The minimum Gasteiger partial charge on any atom is -0.451 e. The van der Waals surface area contributed by atoms with Gasteiger partial charge in [0.25, 0.3) is 5.91 Å². The van der Waals surface area contributed by atoms with Crippen molar-refractivity contribution in [2.45, 2.75) is 18.8 Å². The molecule has 0 aliphatic carbocycles. The Kier molecular flexibility index (Phi) is 8.59. The van der Waals surface area contributed by atoms with Gasteiger partial charge in [-0.15, -0.1) is 11.6 Å². The lowest BCUT2D eigenvalue weighted by Crippen LogP contribution is -2.32. The van der Waals surface area contributed by atoms with Crippen molar-refractivity contribution in [3.05, 3.63) is 71.5 Å². The summed E-state index contributed by atoms with van der Waals surface area (Å²) in [5, 5.41) is 8.33. The lowest BCUT2D eigenvalue weighted by molar-refractivity contribution is 0.0964. The van der Waals surface area contributed by atoms with Crippen LogP contribution in [-0.2, 0) is 6.42 Å². The van der Waals surface area contributed by atoms with Crippen LogP contribution < -0.4 is 20.3 Å². The van der Waals surface area contributed by atoms with Crippen molar-refractivity contribution in [3.63, 3.8) is 0 Å². The lowest BCUT2D eigenvalue weighted by atomic mass is 9.95. The first-order valence-corrected chi connectivity index (χ1v) is 14.1. The van der Waals surface area contributed by atoms with Crippen LogP contribution >= 0.6 is 11.6 Å². The number of nitrogens with zero attached hydrogens (tertiary/aromatic N) is 2. The van der Waals surface area contributed by atoms with Crippen molar-refractivity contribution < 1.29 is 18.7 Å². The molecule has 0 saturated carbocycles. The molecule has 1 aliphatic rings. The number of likely N-dealkylation sites (N-methyl/N-ethyl adjacent to an activating group) is 1. The lowest BCUT2D eigenvalue weighted by Gasteiger charge is -2.18. The van der Waals surface area contributed by atoms with Crippen LogP contribution in [0.15, 0.2) is 59.0 Å². The highest BCUT2D eigenvalue weighted by atomic mass is 35.5. The van der Waals surface area contributed by atoms with Gasteiger partial charge in [0, 0.05) is 48.3 Å². The van der Waals surface area contributed by atoms with Crippen LogP contribution in [0.5, 0.6) is 5.75 Å². The van der Waals surface area contributed by atoms with Gasteiger partial charge in [-0.1, -0.05) is 30.3 Å². The summed E-state index contributed by atoms with van der Waals surface area (Å²) in [6, 6.07) is 17.4. The van der Waals surface area contributed by atoms with E-state index in [1.54, 1.807) is 11.0 Å². The maximum atomic E-state index is 13.9. The third-order valence-electron chi connectivity index (χ3n) is 7.27. The van der Waals surface area contributed by atoms with Crippen LogP contribution in [0, 0.1) is 0 Å². The molecule has 2 heterocycles. The zero-order valence-corrected chi connectivity index (χ0v) is 23.9. The van der Waals surface area contributed by atoms with Gasteiger partial charge in [0.1, 0.15) is 11.3 Å². The Morgan fingerprint density at radius 2 is 1.90 bits per heavy atom. The van der Waals surface area contributed by atoms with E-state index in [0.29, 0.717) is 42.5 Å². The number of halogens is 1. The molecular weight excluding hydrogens is 528 g/mol. The number of furan rings is 1. The highest BCUT2D eigenvalue weighted by Crippen LogP contribution is 2.46. The summed E-state index contributed by atoms with van der Waals surface area (Å²) in [6.07, 6.45) is 1.46. The number of benzene rings is 3. The molecule has 0 spiro atoms. The second-order valence-electron chi connectivity index (χ2n) is 10.4. The highest BCUT2D eigenvalue weighted by molar-refractivity contribution is 6.19. The van der Waals surface area contributed by atoms with Crippen molar-refractivity contribution >= 4 is 51.0 Å². The fourth-order valence-electron chi connectivity index (χ4n) is 5.33. The first-order chi connectivity index (χ1) is 19.4. The molecule has 9 heteroatoms. The number of anilines is 1. The van der Waals surface area contributed by atoms with Crippen LogP contribution in [0.1, 0.15) is 34.0 Å². The SMILES string of the molecule is CNCCNC(=O)Oc1cc2c(c3ccccc13)[C@H](CCl)CN2C(=O)c1cc2cc(CCCN(C)C)ccc2o1. The minimum atomic E-state index is -0.552. The number of fused-ring (bicyclic) bond motifs is 4. The molecule has 3 aromatic carbocycles.